The summed E-state index contributed by atoms with van der Waals surface area (Å²) in [5, 5.41) is 3.35. The number of anilines is 2. The summed E-state index contributed by atoms with van der Waals surface area (Å²) in [4.78, 5) is 13.2. The van der Waals surface area contributed by atoms with Crippen molar-refractivity contribution in [1.29, 1.82) is 0 Å². The molecule has 5 aromatic rings. The number of halogens is 1. The van der Waals surface area contributed by atoms with Gasteiger partial charge in [0, 0.05) is 30.4 Å². The van der Waals surface area contributed by atoms with Crippen LogP contribution in [0.25, 0.3) is 28.2 Å². The lowest BCUT2D eigenvalue weighted by atomic mass is 10.1. The molecule has 0 aliphatic rings. The molecule has 0 aliphatic carbocycles. The van der Waals surface area contributed by atoms with E-state index in [1.807, 2.05) is 35.7 Å². The molecular weight excluding hydrogens is 409 g/mol. The molecule has 0 aliphatic heterocycles. The van der Waals surface area contributed by atoms with E-state index in [1.165, 1.54) is 12.1 Å². The van der Waals surface area contributed by atoms with Crippen LogP contribution in [0.5, 0.6) is 5.75 Å². The van der Waals surface area contributed by atoms with Crippen LogP contribution in [0.4, 0.5) is 15.8 Å². The van der Waals surface area contributed by atoms with E-state index in [1.54, 1.807) is 38.8 Å². The van der Waals surface area contributed by atoms with Gasteiger partial charge in [0.1, 0.15) is 23.6 Å². The van der Waals surface area contributed by atoms with Gasteiger partial charge in [0.2, 0.25) is 0 Å². The van der Waals surface area contributed by atoms with Gasteiger partial charge in [0.25, 0.3) is 0 Å². The first kappa shape index (κ1) is 19.7. The van der Waals surface area contributed by atoms with Gasteiger partial charge < -0.3 is 14.5 Å². The molecule has 160 valence electrons. The topological polar surface area (TPSA) is 77.5 Å². The minimum Gasteiger partial charge on any atom is -0.496 e. The third-order valence-electron chi connectivity index (χ3n) is 5.21. The monoisotopic (exact) mass is 429 g/mol. The smallest absolute Gasteiger partial charge is 0.191 e. The van der Waals surface area contributed by atoms with Gasteiger partial charge in [0.15, 0.2) is 17.3 Å². The van der Waals surface area contributed by atoms with E-state index >= 15 is 0 Å². The minimum absolute atomic E-state index is 0.298. The van der Waals surface area contributed by atoms with E-state index in [-0.39, 0.29) is 5.82 Å². The highest BCUT2D eigenvalue weighted by molar-refractivity contribution is 5.78. The molecule has 3 aromatic heterocycles. The number of hydrogen-bond donors (Lipinski definition) is 1. The molecule has 7 nitrogen and oxygen atoms in total. The van der Waals surface area contributed by atoms with Crippen molar-refractivity contribution >= 4 is 17.0 Å². The second-order valence-electron chi connectivity index (χ2n) is 7.41. The molecule has 0 bridgehead atoms. The summed E-state index contributed by atoms with van der Waals surface area (Å²) >= 11 is 0. The van der Waals surface area contributed by atoms with Crippen LogP contribution in [0.15, 0.2) is 65.7 Å². The first-order valence-electron chi connectivity index (χ1n) is 9.99. The van der Waals surface area contributed by atoms with Crippen LogP contribution in [0.2, 0.25) is 0 Å². The fourth-order valence-electron chi connectivity index (χ4n) is 3.62. The highest BCUT2D eigenvalue weighted by Crippen LogP contribution is 2.34. The van der Waals surface area contributed by atoms with E-state index < -0.39 is 0 Å². The number of benzene rings is 2. The summed E-state index contributed by atoms with van der Waals surface area (Å²) in [7, 11) is 1.61. The van der Waals surface area contributed by atoms with Gasteiger partial charge >= 0.3 is 0 Å². The standard InChI is InChI=1S/C24H20FN5O2/c1-14-4-5-16(25)8-19(14)21-12-30-13-26-10-20(24(30)29-21)28-17-6-7-18(22(9-17)31-3)23-11-27-15(2)32-23/h4-13,28H,1-3H3. The van der Waals surface area contributed by atoms with Crippen LogP contribution in [0.3, 0.4) is 0 Å². The third kappa shape index (κ3) is 3.56. The van der Waals surface area contributed by atoms with Gasteiger partial charge in [0.05, 0.1) is 30.8 Å². The molecule has 5 rings (SSSR count). The quantitative estimate of drug-likeness (QED) is 0.394. The van der Waals surface area contributed by atoms with Gasteiger partial charge in [-0.2, -0.15) is 0 Å². The molecule has 0 saturated heterocycles. The number of aryl methyl sites for hydroxylation is 2. The number of oxazole rings is 1. The van der Waals surface area contributed by atoms with Crippen LogP contribution in [-0.2, 0) is 0 Å². The van der Waals surface area contributed by atoms with Crippen molar-refractivity contribution in [2.24, 2.45) is 0 Å². The van der Waals surface area contributed by atoms with Gasteiger partial charge in [-0.05, 0) is 36.8 Å². The lowest BCUT2D eigenvalue weighted by Crippen LogP contribution is -1.97. The average Bonchev–Trinajstić information content (AvgIpc) is 3.42. The molecular formula is C24H20FN5O2. The summed E-state index contributed by atoms with van der Waals surface area (Å²) in [5.74, 6) is 1.57. The van der Waals surface area contributed by atoms with Gasteiger partial charge in [-0.3, -0.25) is 4.40 Å². The Hall–Kier alpha value is -4.20. The Bertz CT molecular complexity index is 1440. The lowest BCUT2D eigenvalue weighted by Gasteiger charge is -2.11. The number of rotatable bonds is 5. The fraction of sp³-hybridized carbons (Fsp3) is 0.125. The van der Waals surface area contributed by atoms with Gasteiger partial charge in [-0.1, -0.05) is 6.07 Å². The Morgan fingerprint density at radius 1 is 1.06 bits per heavy atom. The summed E-state index contributed by atoms with van der Waals surface area (Å²) in [6.07, 6.45) is 6.88. The molecule has 0 radical (unpaired) electrons. The van der Waals surface area contributed by atoms with E-state index in [0.29, 0.717) is 34.4 Å². The number of imidazole rings is 1. The number of fused-ring (bicyclic) bond motifs is 1. The third-order valence-corrected chi connectivity index (χ3v) is 5.21. The molecule has 0 atom stereocenters. The second-order valence-corrected chi connectivity index (χ2v) is 7.41. The first-order valence-corrected chi connectivity index (χ1v) is 9.99. The number of nitrogens with one attached hydrogen (secondary N) is 1. The first-order chi connectivity index (χ1) is 15.5. The van der Waals surface area contributed by atoms with Crippen molar-refractivity contribution in [1.82, 2.24) is 19.4 Å². The number of methoxy groups -OCH3 is 1. The summed E-state index contributed by atoms with van der Waals surface area (Å²) in [5.41, 5.74) is 5.34. The number of ether oxygens (including phenoxy) is 1. The Morgan fingerprint density at radius 3 is 2.72 bits per heavy atom. The summed E-state index contributed by atoms with van der Waals surface area (Å²) < 4.78 is 26.8. The molecule has 8 heteroatoms. The molecule has 0 fully saturated rings. The minimum atomic E-state index is -0.298. The van der Waals surface area contributed by atoms with Crippen molar-refractivity contribution < 1.29 is 13.5 Å². The van der Waals surface area contributed by atoms with Crippen molar-refractivity contribution in [3.63, 3.8) is 0 Å². The Morgan fingerprint density at radius 2 is 1.94 bits per heavy atom. The van der Waals surface area contributed by atoms with Crippen molar-refractivity contribution in [2.75, 3.05) is 12.4 Å². The largest absolute Gasteiger partial charge is 0.496 e. The number of aromatic nitrogens is 4. The van der Waals surface area contributed by atoms with Gasteiger partial charge in [-0.25, -0.2) is 19.3 Å². The van der Waals surface area contributed by atoms with Crippen molar-refractivity contribution in [3.8, 4) is 28.3 Å². The van der Waals surface area contributed by atoms with E-state index in [4.69, 9.17) is 14.1 Å². The predicted molar refractivity (Wildman–Crippen MR) is 120 cm³/mol. The highest BCUT2D eigenvalue weighted by Gasteiger charge is 2.14. The predicted octanol–water partition coefficient (Wildman–Crippen LogP) is 5.56. The highest BCUT2D eigenvalue weighted by atomic mass is 19.1. The summed E-state index contributed by atoms with van der Waals surface area (Å²) in [6.45, 7) is 3.73. The molecule has 3 heterocycles. The number of nitrogens with zero attached hydrogens (tertiary/aromatic N) is 4. The van der Waals surface area contributed by atoms with E-state index in [2.05, 4.69) is 15.3 Å². The maximum absolute atomic E-state index is 13.8. The zero-order valence-electron chi connectivity index (χ0n) is 17.8. The van der Waals surface area contributed by atoms with E-state index in [0.717, 1.165) is 22.4 Å². The fourth-order valence-corrected chi connectivity index (χ4v) is 3.62. The average molecular weight is 429 g/mol. The maximum atomic E-state index is 13.8. The molecule has 1 N–H and O–H groups in total. The van der Waals surface area contributed by atoms with Crippen molar-refractivity contribution in [3.05, 3.63) is 78.6 Å². The molecule has 0 saturated carbocycles. The van der Waals surface area contributed by atoms with Crippen LogP contribution < -0.4 is 10.1 Å². The summed E-state index contributed by atoms with van der Waals surface area (Å²) in [6, 6.07) is 10.4. The van der Waals surface area contributed by atoms with Crippen LogP contribution in [0.1, 0.15) is 11.5 Å². The Labute approximate surface area is 183 Å². The molecule has 0 amide bonds. The van der Waals surface area contributed by atoms with Crippen molar-refractivity contribution in [2.45, 2.75) is 13.8 Å². The SMILES string of the molecule is COc1cc(Nc2cncn3cc(-c4cc(F)ccc4C)nc23)ccc1-c1cnc(C)o1. The van der Waals surface area contributed by atoms with Gasteiger partial charge in [-0.15, -0.1) is 0 Å². The Balaban J connectivity index is 1.52. The molecule has 0 unspecified atom stereocenters. The second kappa shape index (κ2) is 7.81. The zero-order valence-corrected chi connectivity index (χ0v) is 17.8. The van der Waals surface area contributed by atoms with E-state index in [9.17, 15) is 4.39 Å². The molecule has 32 heavy (non-hydrogen) atoms. The number of hydrogen-bond acceptors (Lipinski definition) is 6. The molecule has 0 spiro atoms. The Kier molecular flexibility index (Phi) is 4.82. The molecule has 2 aromatic carbocycles. The van der Waals surface area contributed by atoms with Crippen LogP contribution in [0, 0.1) is 19.7 Å². The zero-order chi connectivity index (χ0) is 22.2. The van der Waals surface area contributed by atoms with Crippen LogP contribution in [-0.4, -0.2) is 26.5 Å². The maximum Gasteiger partial charge on any atom is 0.191 e. The van der Waals surface area contributed by atoms with Crippen LogP contribution >= 0.6 is 0 Å². The lowest BCUT2D eigenvalue weighted by molar-refractivity contribution is 0.414. The normalized spacial score (nSPS) is 11.1.